The molecule has 6 heteroatoms. The Morgan fingerprint density at radius 1 is 1.37 bits per heavy atom. The van der Waals surface area contributed by atoms with Gasteiger partial charge in [-0.3, -0.25) is 0 Å². The second-order valence-electron chi connectivity index (χ2n) is 4.01. The summed E-state index contributed by atoms with van der Waals surface area (Å²) in [5.41, 5.74) is 1.05. The molecule has 0 aliphatic heterocycles. The van der Waals surface area contributed by atoms with Crippen molar-refractivity contribution >= 4 is 39.0 Å². The summed E-state index contributed by atoms with van der Waals surface area (Å²) in [6.07, 6.45) is 0.664. The van der Waals surface area contributed by atoms with Gasteiger partial charge in [-0.05, 0) is 25.1 Å². The highest BCUT2D eigenvalue weighted by Crippen LogP contribution is 2.26. The van der Waals surface area contributed by atoms with Gasteiger partial charge in [0.25, 0.3) is 0 Å². The third kappa shape index (κ3) is 3.22. The number of aromatic nitrogens is 2. The van der Waals surface area contributed by atoms with Gasteiger partial charge in [-0.25, -0.2) is 14.4 Å². The maximum absolute atomic E-state index is 13.8. The molecular formula is C13H12BrClFN3. The minimum Gasteiger partial charge on any atom is -0.337 e. The number of aryl methyl sites for hydroxylation is 1. The number of nitrogens with zero attached hydrogens (tertiary/aromatic N) is 2. The Balaban J connectivity index is 2.40. The van der Waals surface area contributed by atoms with E-state index >= 15 is 0 Å². The smallest absolute Gasteiger partial charge is 0.147 e. The first-order valence-corrected chi connectivity index (χ1v) is 6.93. The van der Waals surface area contributed by atoms with Gasteiger partial charge in [-0.15, -0.1) is 0 Å². The van der Waals surface area contributed by atoms with Crippen LogP contribution < -0.4 is 5.32 Å². The van der Waals surface area contributed by atoms with Crippen LogP contribution in [-0.2, 0) is 6.42 Å². The van der Waals surface area contributed by atoms with E-state index in [1.54, 1.807) is 19.1 Å². The van der Waals surface area contributed by atoms with Crippen LogP contribution in [0.5, 0.6) is 0 Å². The number of rotatable bonds is 3. The van der Waals surface area contributed by atoms with E-state index in [-0.39, 0.29) is 5.82 Å². The van der Waals surface area contributed by atoms with Crippen LogP contribution in [0.3, 0.4) is 0 Å². The number of hydrogen-bond acceptors (Lipinski definition) is 3. The first-order chi connectivity index (χ1) is 9.01. The molecule has 0 aliphatic carbocycles. The molecule has 100 valence electrons. The molecule has 1 N–H and O–H groups in total. The molecule has 0 saturated carbocycles. The molecule has 2 rings (SSSR count). The maximum Gasteiger partial charge on any atom is 0.147 e. The maximum atomic E-state index is 13.8. The molecule has 0 fully saturated rings. The molecule has 0 saturated heterocycles. The fourth-order valence-corrected chi connectivity index (χ4v) is 2.05. The van der Waals surface area contributed by atoms with E-state index < -0.39 is 0 Å². The Hall–Kier alpha value is -1.20. The monoisotopic (exact) mass is 343 g/mol. The molecule has 0 radical (unpaired) electrons. The van der Waals surface area contributed by atoms with E-state index in [2.05, 4.69) is 31.2 Å². The van der Waals surface area contributed by atoms with Gasteiger partial charge < -0.3 is 5.32 Å². The number of benzene rings is 1. The van der Waals surface area contributed by atoms with Crippen LogP contribution in [0.15, 0.2) is 22.7 Å². The molecule has 2 aromatic rings. The summed E-state index contributed by atoms with van der Waals surface area (Å²) in [5.74, 6) is 0.787. The van der Waals surface area contributed by atoms with Gasteiger partial charge in [-0.2, -0.15) is 0 Å². The summed E-state index contributed by atoms with van der Waals surface area (Å²) in [7, 11) is 0. The zero-order chi connectivity index (χ0) is 14.0. The summed E-state index contributed by atoms with van der Waals surface area (Å²) < 4.78 is 14.5. The summed E-state index contributed by atoms with van der Waals surface area (Å²) in [6.45, 7) is 3.73. The van der Waals surface area contributed by atoms with Crippen molar-refractivity contribution in [1.29, 1.82) is 0 Å². The van der Waals surface area contributed by atoms with Gasteiger partial charge in [0.2, 0.25) is 0 Å². The number of hydrogen-bond donors (Lipinski definition) is 1. The van der Waals surface area contributed by atoms with Gasteiger partial charge in [0.05, 0.1) is 5.69 Å². The predicted molar refractivity (Wildman–Crippen MR) is 78.5 cm³/mol. The Kier molecular flexibility index (Phi) is 4.37. The average Bonchev–Trinajstić information content (AvgIpc) is 2.37. The molecule has 0 atom stereocenters. The van der Waals surface area contributed by atoms with Crippen molar-refractivity contribution in [2.75, 3.05) is 5.32 Å². The molecule has 0 aliphatic rings. The van der Waals surface area contributed by atoms with Crippen LogP contribution in [0.1, 0.15) is 18.3 Å². The highest BCUT2D eigenvalue weighted by Gasteiger charge is 2.11. The van der Waals surface area contributed by atoms with Crippen molar-refractivity contribution in [1.82, 2.24) is 9.97 Å². The average molecular weight is 345 g/mol. The second-order valence-corrected chi connectivity index (χ2v) is 5.28. The van der Waals surface area contributed by atoms with Crippen molar-refractivity contribution in [3.8, 4) is 0 Å². The predicted octanol–water partition coefficient (Wildman–Crippen LogP) is 4.65. The summed E-state index contributed by atoms with van der Waals surface area (Å²) in [6, 6.07) is 4.78. The molecule has 1 heterocycles. The van der Waals surface area contributed by atoms with E-state index in [4.69, 9.17) is 11.6 Å². The molecule has 1 aromatic carbocycles. The topological polar surface area (TPSA) is 37.8 Å². The fourth-order valence-electron chi connectivity index (χ4n) is 1.53. The van der Waals surface area contributed by atoms with Crippen LogP contribution in [-0.4, -0.2) is 9.97 Å². The van der Waals surface area contributed by atoms with E-state index in [9.17, 15) is 4.39 Å². The SMILES string of the molecule is CCc1nc(Cl)c(C)c(Nc2ccc(Br)cc2F)n1. The van der Waals surface area contributed by atoms with E-state index in [0.29, 0.717) is 38.9 Å². The lowest BCUT2D eigenvalue weighted by Crippen LogP contribution is -2.04. The molecule has 0 bridgehead atoms. The third-order valence-corrected chi connectivity index (χ3v) is 3.49. The lowest BCUT2D eigenvalue weighted by molar-refractivity contribution is 0.631. The normalized spacial score (nSPS) is 10.6. The van der Waals surface area contributed by atoms with Crippen LogP contribution >= 0.6 is 27.5 Å². The molecule has 0 amide bonds. The molecule has 0 spiro atoms. The summed E-state index contributed by atoms with van der Waals surface area (Å²) in [4.78, 5) is 8.47. The standard InChI is InChI=1S/C13H12BrClFN3/c1-3-11-18-12(15)7(2)13(19-11)17-10-5-4-8(14)6-9(10)16/h4-6H,3H2,1-2H3,(H,17,18,19). The van der Waals surface area contributed by atoms with Gasteiger partial charge >= 0.3 is 0 Å². The third-order valence-electron chi connectivity index (χ3n) is 2.63. The van der Waals surface area contributed by atoms with Crippen molar-refractivity contribution in [2.24, 2.45) is 0 Å². The molecule has 1 aromatic heterocycles. The molecule has 3 nitrogen and oxygen atoms in total. The number of anilines is 2. The quantitative estimate of drug-likeness (QED) is 0.824. The lowest BCUT2D eigenvalue weighted by Gasteiger charge is -2.11. The lowest BCUT2D eigenvalue weighted by atomic mass is 10.2. The molecule has 19 heavy (non-hydrogen) atoms. The van der Waals surface area contributed by atoms with Gasteiger partial charge in [0.1, 0.15) is 22.6 Å². The Morgan fingerprint density at radius 2 is 2.11 bits per heavy atom. The largest absolute Gasteiger partial charge is 0.337 e. The first-order valence-electron chi connectivity index (χ1n) is 5.76. The van der Waals surface area contributed by atoms with E-state index in [0.717, 1.165) is 0 Å². The Bertz CT molecular complexity index is 619. The number of nitrogens with one attached hydrogen (secondary N) is 1. The van der Waals surface area contributed by atoms with Gasteiger partial charge in [0.15, 0.2) is 0 Å². The van der Waals surface area contributed by atoms with Crippen molar-refractivity contribution in [3.05, 3.63) is 45.0 Å². The zero-order valence-corrected chi connectivity index (χ0v) is 12.8. The van der Waals surface area contributed by atoms with E-state index in [1.807, 2.05) is 6.92 Å². The van der Waals surface area contributed by atoms with Gasteiger partial charge in [0, 0.05) is 16.5 Å². The minimum absolute atomic E-state index is 0.350. The number of halogens is 3. The van der Waals surface area contributed by atoms with Crippen molar-refractivity contribution < 1.29 is 4.39 Å². The highest BCUT2D eigenvalue weighted by atomic mass is 79.9. The van der Waals surface area contributed by atoms with Crippen molar-refractivity contribution in [3.63, 3.8) is 0 Å². The summed E-state index contributed by atoms with van der Waals surface area (Å²) in [5, 5.41) is 3.33. The summed E-state index contributed by atoms with van der Waals surface area (Å²) >= 11 is 9.25. The van der Waals surface area contributed by atoms with Crippen LogP contribution in [0.25, 0.3) is 0 Å². The fraction of sp³-hybridized carbons (Fsp3) is 0.231. The molecular weight excluding hydrogens is 333 g/mol. The van der Waals surface area contributed by atoms with Crippen LogP contribution in [0, 0.1) is 12.7 Å². The highest BCUT2D eigenvalue weighted by molar-refractivity contribution is 9.10. The second kappa shape index (κ2) is 5.84. The van der Waals surface area contributed by atoms with Crippen LogP contribution in [0.2, 0.25) is 5.15 Å². The minimum atomic E-state index is -0.360. The van der Waals surface area contributed by atoms with E-state index in [1.165, 1.54) is 6.07 Å². The Labute approximate surface area is 124 Å². The van der Waals surface area contributed by atoms with Crippen LogP contribution in [0.4, 0.5) is 15.9 Å². The zero-order valence-electron chi connectivity index (χ0n) is 10.5. The Morgan fingerprint density at radius 3 is 2.74 bits per heavy atom. The van der Waals surface area contributed by atoms with Crippen molar-refractivity contribution in [2.45, 2.75) is 20.3 Å². The van der Waals surface area contributed by atoms with Gasteiger partial charge in [-0.1, -0.05) is 34.5 Å². The first kappa shape index (κ1) is 14.2. The molecule has 0 unspecified atom stereocenters.